The number of rotatable bonds is 75. The van der Waals surface area contributed by atoms with Crippen LogP contribution in [0, 0.1) is 0 Å². The Bertz CT molecular complexity index is 1770. The van der Waals surface area contributed by atoms with Gasteiger partial charge in [-0.25, -0.2) is 9.13 Å². The van der Waals surface area contributed by atoms with Crippen molar-refractivity contribution in [3.63, 3.8) is 0 Å². The molecule has 0 bridgehead atoms. The third-order valence-corrected chi connectivity index (χ3v) is 19.3. The summed E-state index contributed by atoms with van der Waals surface area (Å²) in [5, 5.41) is 10.6. The molecule has 0 aromatic carbocycles. The molecule has 17 nitrogen and oxygen atoms in total. The molecule has 0 fully saturated rings. The highest BCUT2D eigenvalue weighted by Crippen LogP contribution is 2.45. The van der Waals surface area contributed by atoms with Gasteiger partial charge >= 0.3 is 39.5 Å². The number of ether oxygens (including phenoxy) is 4. The van der Waals surface area contributed by atoms with E-state index in [1.54, 1.807) is 0 Å². The lowest BCUT2D eigenvalue weighted by Gasteiger charge is -2.21. The molecule has 552 valence electrons. The molecule has 3 N–H and O–H groups in total. The van der Waals surface area contributed by atoms with Gasteiger partial charge in [0.25, 0.3) is 0 Å². The third-order valence-electron chi connectivity index (χ3n) is 17.4. The molecular weight excluding hydrogens is 1220 g/mol. The molecule has 19 heteroatoms. The molecule has 0 saturated carbocycles. The zero-order valence-electron chi connectivity index (χ0n) is 60.2. The van der Waals surface area contributed by atoms with Crippen molar-refractivity contribution < 1.29 is 80.2 Å². The van der Waals surface area contributed by atoms with Gasteiger partial charge in [0.1, 0.15) is 19.3 Å². The maximum atomic E-state index is 13.1. The summed E-state index contributed by atoms with van der Waals surface area (Å²) in [5.41, 5.74) is 0. The van der Waals surface area contributed by atoms with Crippen molar-refractivity contribution in [2.75, 3.05) is 39.6 Å². The lowest BCUT2D eigenvalue weighted by atomic mass is 10.0. The van der Waals surface area contributed by atoms with E-state index in [0.29, 0.717) is 25.7 Å². The molecule has 0 saturated heterocycles. The van der Waals surface area contributed by atoms with Gasteiger partial charge in [0.15, 0.2) is 12.2 Å². The molecule has 0 aromatic heterocycles. The van der Waals surface area contributed by atoms with Crippen LogP contribution in [0.4, 0.5) is 0 Å². The predicted molar refractivity (Wildman–Crippen MR) is 377 cm³/mol. The fourth-order valence-corrected chi connectivity index (χ4v) is 13.0. The molecule has 0 spiro atoms. The maximum Gasteiger partial charge on any atom is 0.472 e. The number of phosphoric acid groups is 2. The van der Waals surface area contributed by atoms with Gasteiger partial charge in [0.2, 0.25) is 0 Å². The van der Waals surface area contributed by atoms with Crippen molar-refractivity contribution in [1.82, 2.24) is 0 Å². The van der Waals surface area contributed by atoms with Crippen LogP contribution < -0.4 is 0 Å². The van der Waals surface area contributed by atoms with Crippen LogP contribution in [-0.4, -0.2) is 96.7 Å². The zero-order chi connectivity index (χ0) is 68.2. The molecule has 0 rings (SSSR count). The van der Waals surface area contributed by atoms with Crippen molar-refractivity contribution in [3.8, 4) is 0 Å². The minimum absolute atomic E-state index is 0.108. The molecule has 2 unspecified atom stereocenters. The lowest BCUT2D eigenvalue weighted by molar-refractivity contribution is -0.161. The largest absolute Gasteiger partial charge is 0.472 e. The van der Waals surface area contributed by atoms with E-state index in [4.69, 9.17) is 37.0 Å². The second kappa shape index (κ2) is 68.6. The molecule has 0 radical (unpaired) electrons. The normalized spacial score (nSPS) is 13.9. The fourth-order valence-electron chi connectivity index (χ4n) is 11.4. The Morgan fingerprint density at radius 1 is 0.258 bits per heavy atom. The highest BCUT2D eigenvalue weighted by Gasteiger charge is 2.30. The molecule has 0 aliphatic rings. The Morgan fingerprint density at radius 2 is 0.430 bits per heavy atom. The number of aliphatic hydroxyl groups is 1. The first-order valence-electron chi connectivity index (χ1n) is 38.8. The van der Waals surface area contributed by atoms with Crippen LogP contribution in [0.25, 0.3) is 0 Å². The second-order valence-corrected chi connectivity index (χ2v) is 29.6. The van der Waals surface area contributed by atoms with Crippen LogP contribution in [-0.2, 0) is 65.4 Å². The molecule has 0 aliphatic carbocycles. The van der Waals surface area contributed by atoms with Gasteiger partial charge in [-0.15, -0.1) is 0 Å². The molecule has 0 amide bonds. The minimum atomic E-state index is -4.95. The van der Waals surface area contributed by atoms with Crippen LogP contribution in [0.3, 0.4) is 0 Å². The molecule has 93 heavy (non-hydrogen) atoms. The summed E-state index contributed by atoms with van der Waals surface area (Å²) in [7, 11) is -9.90. The van der Waals surface area contributed by atoms with Gasteiger partial charge in [-0.2, -0.15) is 0 Å². The van der Waals surface area contributed by atoms with Crippen LogP contribution >= 0.6 is 15.6 Å². The van der Waals surface area contributed by atoms with E-state index in [1.165, 1.54) is 225 Å². The SMILES string of the molecule is CCCCCCCCCCCCCCCCCCC(=O)O[C@H](COC(=O)CCCCCCCCCCCCCCCC)COP(=O)(O)OC[C@@H](O)COP(=O)(O)OC[C@@H](COC(=O)CCCCCCCCCCC)OC(=O)CCCCCCCCCCCCCCCC. The van der Waals surface area contributed by atoms with Crippen LogP contribution in [0.1, 0.15) is 394 Å². The van der Waals surface area contributed by atoms with Gasteiger partial charge in [-0.1, -0.05) is 342 Å². The monoisotopic (exact) mass is 1370 g/mol. The minimum Gasteiger partial charge on any atom is -0.462 e. The summed E-state index contributed by atoms with van der Waals surface area (Å²) in [5.74, 6) is -2.11. The number of hydrogen-bond donors (Lipinski definition) is 3. The fraction of sp³-hybridized carbons (Fsp3) is 0.946. The van der Waals surface area contributed by atoms with E-state index >= 15 is 0 Å². The Labute approximate surface area is 568 Å². The summed E-state index contributed by atoms with van der Waals surface area (Å²) in [6.07, 6.45) is 58.1. The number of carbonyl (C=O) groups is 4. The van der Waals surface area contributed by atoms with Gasteiger partial charge in [-0.05, 0) is 25.7 Å². The molecule has 0 heterocycles. The van der Waals surface area contributed by atoms with E-state index in [1.807, 2.05) is 0 Å². The van der Waals surface area contributed by atoms with Gasteiger partial charge in [0.05, 0.1) is 26.4 Å². The summed E-state index contributed by atoms with van der Waals surface area (Å²) in [6, 6.07) is 0. The number of esters is 4. The zero-order valence-corrected chi connectivity index (χ0v) is 62.0. The number of phosphoric ester groups is 2. The smallest absolute Gasteiger partial charge is 0.462 e. The number of carbonyl (C=O) groups excluding carboxylic acids is 4. The van der Waals surface area contributed by atoms with E-state index in [-0.39, 0.29) is 25.7 Å². The third kappa shape index (κ3) is 68.4. The van der Waals surface area contributed by atoms with E-state index < -0.39 is 97.5 Å². The van der Waals surface area contributed by atoms with Gasteiger partial charge in [-0.3, -0.25) is 37.3 Å². The first-order valence-corrected chi connectivity index (χ1v) is 41.8. The summed E-state index contributed by atoms with van der Waals surface area (Å²) >= 11 is 0. The van der Waals surface area contributed by atoms with Crippen LogP contribution in [0.5, 0.6) is 0 Å². The van der Waals surface area contributed by atoms with Crippen molar-refractivity contribution in [2.24, 2.45) is 0 Å². The Hall–Kier alpha value is -1.94. The highest BCUT2D eigenvalue weighted by atomic mass is 31.2. The number of hydrogen-bond acceptors (Lipinski definition) is 15. The molecule has 5 atom stereocenters. The molecule has 0 aliphatic heterocycles. The number of unbranched alkanes of at least 4 members (excludes halogenated alkanes) is 49. The first-order chi connectivity index (χ1) is 45.2. The Balaban J connectivity index is 5.23. The quantitative estimate of drug-likeness (QED) is 0.0222. The van der Waals surface area contributed by atoms with Crippen LogP contribution in [0.2, 0.25) is 0 Å². The second-order valence-electron chi connectivity index (χ2n) is 26.7. The van der Waals surface area contributed by atoms with Gasteiger partial charge < -0.3 is 33.8 Å². The van der Waals surface area contributed by atoms with Crippen molar-refractivity contribution in [2.45, 2.75) is 412 Å². The summed E-state index contributed by atoms with van der Waals surface area (Å²) in [6.45, 7) is 4.97. The Morgan fingerprint density at radius 3 is 0.634 bits per heavy atom. The van der Waals surface area contributed by atoms with Crippen molar-refractivity contribution >= 4 is 39.5 Å². The van der Waals surface area contributed by atoms with Gasteiger partial charge in [0, 0.05) is 25.7 Å². The summed E-state index contributed by atoms with van der Waals surface area (Å²) in [4.78, 5) is 72.7. The standard InChI is InChI=1S/C74H144O17P2/c1-5-9-13-17-21-25-28-31-34-35-38-41-45-49-53-57-61-74(79)91-70(65-85-72(77)59-55-51-47-43-39-36-32-29-26-22-18-14-10-6-2)67-89-93(82,83)87-63-68(75)62-86-92(80,81)88-66-69(64-84-71(76)58-54-50-46-42-24-20-16-12-8-4)90-73(78)60-56-52-48-44-40-37-33-30-27-23-19-15-11-7-3/h68-70,75H,5-67H2,1-4H3,(H,80,81)(H,82,83)/t68-,69+,70+/m0/s1. The van der Waals surface area contributed by atoms with E-state index in [2.05, 4.69) is 27.7 Å². The van der Waals surface area contributed by atoms with E-state index in [0.717, 1.165) is 89.9 Å². The highest BCUT2D eigenvalue weighted by molar-refractivity contribution is 7.47. The first kappa shape index (κ1) is 91.1. The van der Waals surface area contributed by atoms with Crippen molar-refractivity contribution in [3.05, 3.63) is 0 Å². The maximum absolute atomic E-state index is 13.1. The Kier molecular flexibility index (Phi) is 67.1. The number of aliphatic hydroxyl groups excluding tert-OH is 1. The molecular formula is C74H144O17P2. The van der Waals surface area contributed by atoms with Crippen LogP contribution in [0.15, 0.2) is 0 Å². The van der Waals surface area contributed by atoms with E-state index in [9.17, 15) is 43.2 Å². The average molecular weight is 1370 g/mol. The predicted octanol–water partition coefficient (Wildman–Crippen LogP) is 21.8. The lowest BCUT2D eigenvalue weighted by Crippen LogP contribution is -2.30. The average Bonchev–Trinajstić information content (AvgIpc) is 3.48. The topological polar surface area (TPSA) is 237 Å². The molecule has 0 aromatic rings. The summed E-state index contributed by atoms with van der Waals surface area (Å²) < 4.78 is 68.4. The van der Waals surface area contributed by atoms with Crippen molar-refractivity contribution in [1.29, 1.82) is 0 Å².